The van der Waals surface area contributed by atoms with Crippen molar-refractivity contribution in [2.45, 2.75) is 41.1 Å². The van der Waals surface area contributed by atoms with Gasteiger partial charge in [0.2, 0.25) is 0 Å². The Morgan fingerprint density at radius 3 is 1.57 bits per heavy atom. The van der Waals surface area contributed by atoms with Crippen LogP contribution in [0.3, 0.4) is 0 Å². The number of halogens is 2. The Labute approximate surface area is 248 Å². The minimum atomic E-state index is -4.72. The number of allylic oxidation sites excluding steroid dienone is 2. The van der Waals surface area contributed by atoms with Crippen LogP contribution in [0.4, 0.5) is 0 Å². The van der Waals surface area contributed by atoms with Crippen LogP contribution in [0.1, 0.15) is 50.3 Å². The molecule has 2 atom stereocenters. The van der Waals surface area contributed by atoms with E-state index < -0.39 is 21.5 Å². The summed E-state index contributed by atoms with van der Waals surface area (Å²) in [6.45, 7) is 11.8. The molecule has 2 aliphatic rings. The molecule has 0 saturated carbocycles. The molecular formula is C36H37Cl2SiZr. The van der Waals surface area contributed by atoms with Gasteiger partial charge in [-0.3, -0.25) is 0 Å². The average Bonchev–Trinajstić information content (AvgIpc) is 3.53. The van der Waals surface area contributed by atoms with E-state index >= 15 is 0 Å². The molecule has 0 fully saturated rings. The molecule has 0 amide bonds. The molecule has 2 aliphatic carbocycles. The summed E-state index contributed by atoms with van der Waals surface area (Å²) in [5.41, 5.74) is 13.1. The molecule has 4 aromatic carbocycles. The van der Waals surface area contributed by atoms with Crippen LogP contribution in [-0.4, -0.2) is 5.92 Å². The van der Waals surface area contributed by atoms with Gasteiger partial charge in [-0.25, -0.2) is 0 Å². The summed E-state index contributed by atoms with van der Waals surface area (Å²) in [6, 6.07) is 35.0. The van der Waals surface area contributed by atoms with Gasteiger partial charge in [0.15, 0.2) is 0 Å². The van der Waals surface area contributed by atoms with Gasteiger partial charge in [-0.05, 0) is 0 Å². The SMILES string of the molecule is CC1=Cc2c(-c3ccccc3)cccc2[CH]1[Zr]([Cl])([Cl])([CH]1C(C(C)C)=Cc2c(-c3ccccc3)cccc21)[SiH](C)C. The van der Waals surface area contributed by atoms with Crippen LogP contribution in [0.25, 0.3) is 34.4 Å². The van der Waals surface area contributed by atoms with Crippen molar-refractivity contribution in [3.63, 3.8) is 0 Å². The standard InChI is InChI=1S/C18H17.C16H13.C2H7Si.2ClH.Zr/c1-13(2)16-11-15-9-6-10-17(18(15)12-16)14-7-4-3-5-8-14;1-12-10-14-8-5-9-15(16(14)11-12)13-6-3-2-4-7-13;1-3-2;;;/h3-13H,1-2H3;2-11H,1H3;3H,1-2H3;2*1H;/q;;;;;+2/p-2. The summed E-state index contributed by atoms with van der Waals surface area (Å²) in [6.07, 6.45) is 4.85. The Kier molecular flexibility index (Phi) is 7.32. The van der Waals surface area contributed by atoms with Crippen LogP contribution in [0.15, 0.2) is 108 Å². The molecular weight excluding hydrogens is 623 g/mol. The van der Waals surface area contributed by atoms with Gasteiger partial charge in [-0.1, -0.05) is 0 Å². The Bertz CT molecular complexity index is 1650. The van der Waals surface area contributed by atoms with Gasteiger partial charge in [-0.15, -0.1) is 0 Å². The second-order valence-electron chi connectivity index (χ2n) is 12.3. The fraction of sp³-hybridized carbons (Fsp3) is 0.222. The Morgan fingerprint density at radius 1 is 0.625 bits per heavy atom. The quantitative estimate of drug-likeness (QED) is 0.181. The summed E-state index contributed by atoms with van der Waals surface area (Å²) < 4.78 is 0.211. The Hall–Kier alpha value is -1.96. The van der Waals surface area contributed by atoms with Crippen molar-refractivity contribution in [2.24, 2.45) is 5.92 Å². The topological polar surface area (TPSA) is 0 Å². The fourth-order valence-corrected chi connectivity index (χ4v) is 39.6. The molecule has 4 heteroatoms. The zero-order valence-corrected chi connectivity index (χ0v) is 29.1. The van der Waals surface area contributed by atoms with Crippen LogP contribution in [0.2, 0.25) is 13.1 Å². The molecule has 6 rings (SSSR count). The third-order valence-corrected chi connectivity index (χ3v) is 61.4. The first kappa shape index (κ1) is 28.2. The third-order valence-electron chi connectivity index (χ3n) is 9.42. The van der Waals surface area contributed by atoms with E-state index in [0.717, 1.165) is 0 Å². The number of hydrogen-bond acceptors (Lipinski definition) is 0. The molecule has 2 unspecified atom stereocenters. The van der Waals surface area contributed by atoms with Crippen molar-refractivity contribution < 1.29 is 15.6 Å². The van der Waals surface area contributed by atoms with Crippen LogP contribution in [0, 0.1) is 5.92 Å². The van der Waals surface area contributed by atoms with E-state index in [-0.39, 0.29) is 7.25 Å². The molecule has 0 nitrogen and oxygen atoms in total. The first-order valence-electron chi connectivity index (χ1n) is 14.5. The zero-order chi connectivity index (χ0) is 28.3. The molecule has 4 aromatic rings. The predicted octanol–water partition coefficient (Wildman–Crippen LogP) is 11.3. The summed E-state index contributed by atoms with van der Waals surface area (Å²) >= 11 is -4.72. The zero-order valence-electron chi connectivity index (χ0n) is 24.0. The molecule has 0 bridgehead atoms. The van der Waals surface area contributed by atoms with Crippen molar-refractivity contribution in [1.82, 2.24) is 0 Å². The fourth-order valence-electron chi connectivity index (χ4n) is 7.40. The first-order valence-corrected chi connectivity index (χ1v) is 30.8. The molecule has 203 valence electrons. The van der Waals surface area contributed by atoms with Crippen molar-refractivity contribution >= 4 is 35.1 Å². The number of rotatable bonds is 6. The molecule has 0 radical (unpaired) electrons. The average molecular weight is 660 g/mol. The predicted molar refractivity (Wildman–Crippen MR) is 176 cm³/mol. The van der Waals surface area contributed by atoms with Gasteiger partial charge in [0, 0.05) is 0 Å². The Morgan fingerprint density at radius 2 is 1.10 bits per heavy atom. The second-order valence-corrected chi connectivity index (χ2v) is 54.8. The van der Waals surface area contributed by atoms with Gasteiger partial charge in [0.25, 0.3) is 0 Å². The normalized spacial score (nSPS) is 19.2. The molecule has 0 saturated heterocycles. The van der Waals surface area contributed by atoms with Gasteiger partial charge in [0.1, 0.15) is 0 Å². The second kappa shape index (κ2) is 10.4. The van der Waals surface area contributed by atoms with E-state index in [0.29, 0.717) is 5.92 Å². The number of benzene rings is 4. The third kappa shape index (κ3) is 4.25. The summed E-state index contributed by atoms with van der Waals surface area (Å²) in [7, 11) is 17.0. The van der Waals surface area contributed by atoms with Gasteiger partial charge in [-0.2, -0.15) is 0 Å². The van der Waals surface area contributed by atoms with Crippen LogP contribution < -0.4 is 0 Å². The van der Waals surface area contributed by atoms with E-state index in [9.17, 15) is 0 Å². The van der Waals surface area contributed by atoms with Crippen LogP contribution >= 0.6 is 17.0 Å². The van der Waals surface area contributed by atoms with Crippen LogP contribution in [0.5, 0.6) is 0 Å². The van der Waals surface area contributed by atoms with Gasteiger partial charge < -0.3 is 0 Å². The minimum absolute atomic E-state index is 0.105. The van der Waals surface area contributed by atoms with E-state index in [1.807, 2.05) is 0 Å². The van der Waals surface area contributed by atoms with E-state index in [2.05, 4.69) is 143 Å². The molecule has 0 aliphatic heterocycles. The van der Waals surface area contributed by atoms with E-state index in [1.54, 1.807) is 0 Å². The molecule has 0 heterocycles. The molecule has 40 heavy (non-hydrogen) atoms. The van der Waals surface area contributed by atoms with Crippen LogP contribution in [-0.2, 0) is 15.6 Å². The summed E-state index contributed by atoms with van der Waals surface area (Å²) in [4.78, 5) is 0. The van der Waals surface area contributed by atoms with Gasteiger partial charge >= 0.3 is 250 Å². The number of fused-ring (bicyclic) bond motifs is 2. The van der Waals surface area contributed by atoms with Crippen molar-refractivity contribution in [3.05, 3.63) is 130 Å². The summed E-state index contributed by atoms with van der Waals surface area (Å²) in [5, 5.41) is 0. The first-order chi connectivity index (χ1) is 19.1. The van der Waals surface area contributed by atoms with Gasteiger partial charge in [0.05, 0.1) is 0 Å². The summed E-state index contributed by atoms with van der Waals surface area (Å²) in [5.74, 6) is -1.22. The maximum absolute atomic E-state index is 8.48. The van der Waals surface area contributed by atoms with E-state index in [4.69, 9.17) is 17.0 Å². The van der Waals surface area contributed by atoms with Crippen molar-refractivity contribution in [2.75, 3.05) is 0 Å². The number of hydrogen-bond donors (Lipinski definition) is 0. The Balaban J connectivity index is 1.59. The molecule has 0 aromatic heterocycles. The molecule has 0 N–H and O–H groups in total. The maximum atomic E-state index is 8.48. The van der Waals surface area contributed by atoms with Crippen molar-refractivity contribution in [1.29, 1.82) is 0 Å². The van der Waals surface area contributed by atoms with Crippen molar-refractivity contribution in [3.8, 4) is 22.3 Å². The van der Waals surface area contributed by atoms with E-state index in [1.165, 1.54) is 55.7 Å². The monoisotopic (exact) mass is 657 g/mol. The molecule has 0 spiro atoms.